The quantitative estimate of drug-likeness (QED) is 0.626. The van der Waals surface area contributed by atoms with E-state index < -0.39 is 17.8 Å². The van der Waals surface area contributed by atoms with E-state index in [1.807, 2.05) is 0 Å². The number of nitrogens with zero attached hydrogens (tertiary/aromatic N) is 2. The third-order valence-corrected chi connectivity index (χ3v) is 6.74. The Morgan fingerprint density at radius 1 is 1.03 bits per heavy atom. The fourth-order valence-corrected chi connectivity index (χ4v) is 4.96. The molecule has 0 atom stereocenters. The van der Waals surface area contributed by atoms with Crippen LogP contribution in [0.4, 0.5) is 5.00 Å². The van der Waals surface area contributed by atoms with Gasteiger partial charge in [0.2, 0.25) is 0 Å². The second kappa shape index (κ2) is 7.76. The van der Waals surface area contributed by atoms with Crippen LogP contribution in [-0.4, -0.2) is 41.6 Å². The lowest BCUT2D eigenvalue weighted by Gasteiger charge is -2.05. The molecule has 11 heteroatoms. The monoisotopic (exact) mass is 435 g/mol. The summed E-state index contributed by atoms with van der Waals surface area (Å²) in [6.07, 6.45) is 1.39. The Morgan fingerprint density at radius 3 is 2.31 bits per heavy atom. The van der Waals surface area contributed by atoms with E-state index in [9.17, 15) is 19.2 Å². The van der Waals surface area contributed by atoms with Crippen LogP contribution in [-0.2, 0) is 16.5 Å². The lowest BCUT2D eigenvalue weighted by molar-refractivity contribution is 0.0601. The highest BCUT2D eigenvalue weighted by atomic mass is 32.1. The van der Waals surface area contributed by atoms with Gasteiger partial charge in [0, 0.05) is 7.05 Å². The van der Waals surface area contributed by atoms with Crippen molar-refractivity contribution in [3.05, 3.63) is 43.1 Å². The maximum absolute atomic E-state index is 12.9. The number of hydrogen-bond acceptors (Lipinski definition) is 9. The van der Waals surface area contributed by atoms with Crippen molar-refractivity contribution in [2.75, 3.05) is 19.5 Å². The minimum absolute atomic E-state index is 0.0825. The molecule has 3 aromatic heterocycles. The predicted molar refractivity (Wildman–Crippen MR) is 109 cm³/mol. The summed E-state index contributed by atoms with van der Waals surface area (Å²) >= 11 is 2.00. The Hall–Kier alpha value is -3.05. The number of nitrogens with one attached hydrogen (secondary N) is 1. The number of carbonyl (C=O) groups is 3. The Bertz CT molecular complexity index is 1220. The van der Waals surface area contributed by atoms with E-state index in [4.69, 9.17) is 9.47 Å². The van der Waals surface area contributed by atoms with Gasteiger partial charge < -0.3 is 19.4 Å². The molecule has 9 nitrogen and oxygen atoms in total. The summed E-state index contributed by atoms with van der Waals surface area (Å²) < 4.78 is 10.9. The number of hydrogen-bond donors (Lipinski definition) is 1. The molecule has 29 heavy (non-hydrogen) atoms. The average Bonchev–Trinajstić information content (AvgIpc) is 3.21. The Morgan fingerprint density at radius 2 is 1.69 bits per heavy atom. The van der Waals surface area contributed by atoms with Crippen molar-refractivity contribution in [1.29, 1.82) is 0 Å². The summed E-state index contributed by atoms with van der Waals surface area (Å²) in [6, 6.07) is 0. The third-order valence-electron chi connectivity index (χ3n) is 4.35. The van der Waals surface area contributed by atoms with E-state index in [0.29, 0.717) is 21.3 Å². The molecule has 0 bridgehead atoms. The maximum Gasteiger partial charge on any atom is 0.348 e. The van der Waals surface area contributed by atoms with Crippen LogP contribution in [0.15, 0.2) is 11.1 Å². The predicted octanol–water partition coefficient (Wildman–Crippen LogP) is 2.50. The molecular weight excluding hydrogens is 418 g/mol. The highest BCUT2D eigenvalue weighted by Crippen LogP contribution is 2.35. The Balaban J connectivity index is 2.08. The van der Waals surface area contributed by atoms with Crippen LogP contribution in [0.1, 0.15) is 40.8 Å². The van der Waals surface area contributed by atoms with Gasteiger partial charge in [-0.15, -0.1) is 22.7 Å². The number of ether oxygens (including phenoxy) is 2. The summed E-state index contributed by atoms with van der Waals surface area (Å²) in [5.74, 6) is -1.83. The first-order valence-corrected chi connectivity index (χ1v) is 9.90. The number of esters is 2. The van der Waals surface area contributed by atoms with Gasteiger partial charge in [-0.2, -0.15) is 0 Å². The second-order valence-electron chi connectivity index (χ2n) is 6.09. The Labute approximate surface area is 172 Å². The van der Waals surface area contributed by atoms with Gasteiger partial charge in [-0.05, 0) is 25.0 Å². The molecule has 1 N–H and O–H groups in total. The number of amides is 1. The van der Waals surface area contributed by atoms with Gasteiger partial charge in [-0.3, -0.25) is 9.59 Å². The molecule has 0 saturated heterocycles. The van der Waals surface area contributed by atoms with Crippen molar-refractivity contribution in [3.8, 4) is 0 Å². The van der Waals surface area contributed by atoms with Crippen LogP contribution in [0.2, 0.25) is 0 Å². The number of anilines is 1. The molecule has 0 saturated carbocycles. The number of methoxy groups -OCH3 is 2. The molecule has 3 aromatic rings. The van der Waals surface area contributed by atoms with E-state index in [0.717, 1.165) is 22.7 Å². The van der Waals surface area contributed by atoms with Gasteiger partial charge in [0.1, 0.15) is 14.7 Å². The molecule has 1 amide bonds. The fraction of sp³-hybridized carbons (Fsp3) is 0.278. The molecule has 0 radical (unpaired) electrons. The van der Waals surface area contributed by atoms with Crippen molar-refractivity contribution in [2.45, 2.75) is 13.8 Å². The number of rotatable bonds is 4. The lowest BCUT2D eigenvalue weighted by atomic mass is 10.1. The molecule has 3 rings (SSSR count). The van der Waals surface area contributed by atoms with Gasteiger partial charge in [0.05, 0.1) is 36.4 Å². The zero-order chi connectivity index (χ0) is 21.5. The first-order valence-electron chi connectivity index (χ1n) is 8.27. The van der Waals surface area contributed by atoms with Crippen molar-refractivity contribution in [1.82, 2.24) is 9.55 Å². The van der Waals surface area contributed by atoms with Crippen molar-refractivity contribution < 1.29 is 23.9 Å². The van der Waals surface area contributed by atoms with E-state index in [1.54, 1.807) is 20.9 Å². The molecule has 0 aromatic carbocycles. The molecule has 3 heterocycles. The first-order chi connectivity index (χ1) is 13.7. The van der Waals surface area contributed by atoms with Gasteiger partial charge in [-0.25, -0.2) is 14.6 Å². The molecule has 152 valence electrons. The number of fused-ring (bicyclic) bond motifs is 1. The van der Waals surface area contributed by atoms with Crippen LogP contribution < -0.4 is 10.9 Å². The molecule has 0 aliphatic rings. The third kappa shape index (κ3) is 3.42. The van der Waals surface area contributed by atoms with Crippen LogP contribution >= 0.6 is 22.7 Å². The zero-order valence-electron chi connectivity index (χ0n) is 16.2. The van der Waals surface area contributed by atoms with Crippen LogP contribution in [0, 0.1) is 13.8 Å². The minimum Gasteiger partial charge on any atom is -0.465 e. The maximum atomic E-state index is 12.9. The van der Waals surface area contributed by atoms with Crippen LogP contribution in [0.3, 0.4) is 0 Å². The molecule has 0 unspecified atom stereocenters. The zero-order valence-corrected chi connectivity index (χ0v) is 17.9. The highest BCUT2D eigenvalue weighted by molar-refractivity contribution is 7.21. The van der Waals surface area contributed by atoms with Crippen molar-refractivity contribution in [3.63, 3.8) is 0 Å². The van der Waals surface area contributed by atoms with E-state index >= 15 is 0 Å². The second-order valence-corrected chi connectivity index (χ2v) is 8.11. The number of carbonyl (C=O) groups excluding carboxylic acids is 3. The topological polar surface area (TPSA) is 117 Å². The summed E-state index contributed by atoms with van der Waals surface area (Å²) in [5.41, 5.74) is 0.682. The van der Waals surface area contributed by atoms with Crippen molar-refractivity contribution >= 4 is 55.7 Å². The van der Waals surface area contributed by atoms with Crippen LogP contribution in [0.5, 0.6) is 0 Å². The van der Waals surface area contributed by atoms with Crippen LogP contribution in [0.25, 0.3) is 10.2 Å². The van der Waals surface area contributed by atoms with E-state index in [2.05, 4.69) is 10.3 Å². The number of aromatic nitrogens is 2. The average molecular weight is 435 g/mol. The highest BCUT2D eigenvalue weighted by Gasteiger charge is 2.28. The van der Waals surface area contributed by atoms with Gasteiger partial charge in [0.25, 0.3) is 11.5 Å². The van der Waals surface area contributed by atoms with E-state index in [1.165, 1.54) is 25.1 Å². The summed E-state index contributed by atoms with van der Waals surface area (Å²) in [7, 11) is 4.02. The first kappa shape index (κ1) is 20.7. The standard InChI is InChI=1S/C18H17N3O6S2/c1-7-9-14(19-6-21(3)16(9)23)28-11(7)13(22)20-15-10(17(24)26-4)8(2)12(29-15)18(25)27-5/h6H,1-5H3,(H,20,22). The molecule has 0 aliphatic heterocycles. The minimum atomic E-state index is -0.687. The lowest BCUT2D eigenvalue weighted by Crippen LogP contribution is -2.17. The fourth-order valence-electron chi connectivity index (χ4n) is 2.82. The number of thiophene rings is 2. The normalized spacial score (nSPS) is 10.8. The summed E-state index contributed by atoms with van der Waals surface area (Å²) in [4.78, 5) is 54.6. The summed E-state index contributed by atoms with van der Waals surface area (Å²) in [6.45, 7) is 3.24. The molecule has 0 aliphatic carbocycles. The SMILES string of the molecule is COC(=O)c1sc(NC(=O)c2sc3ncn(C)c(=O)c3c2C)c(C(=O)OC)c1C. The molecular formula is C18H17N3O6S2. The number of aryl methyl sites for hydroxylation is 2. The van der Waals surface area contributed by atoms with Gasteiger partial charge >= 0.3 is 11.9 Å². The summed E-state index contributed by atoms with van der Waals surface area (Å²) in [5, 5.41) is 3.20. The van der Waals surface area contributed by atoms with Gasteiger partial charge in [-0.1, -0.05) is 0 Å². The molecule has 0 fully saturated rings. The van der Waals surface area contributed by atoms with Gasteiger partial charge in [0.15, 0.2) is 0 Å². The van der Waals surface area contributed by atoms with E-state index in [-0.39, 0.29) is 25.9 Å². The molecule has 0 spiro atoms. The Kier molecular flexibility index (Phi) is 5.53. The van der Waals surface area contributed by atoms with Crippen molar-refractivity contribution in [2.24, 2.45) is 7.05 Å². The largest absolute Gasteiger partial charge is 0.465 e. The smallest absolute Gasteiger partial charge is 0.348 e.